The predicted molar refractivity (Wildman–Crippen MR) is 82.2 cm³/mol. The van der Waals surface area contributed by atoms with Crippen LogP contribution in [-0.2, 0) is 6.42 Å². The Hall–Kier alpha value is -1.94. The normalized spacial score (nSPS) is 12.7. The number of pyridine rings is 1. The van der Waals surface area contributed by atoms with E-state index in [0.29, 0.717) is 17.8 Å². The average Bonchev–Trinajstić information content (AvgIpc) is 2.85. The highest BCUT2D eigenvalue weighted by atomic mass is 35.5. The third-order valence-corrected chi connectivity index (χ3v) is 3.79. The van der Waals surface area contributed by atoms with Crippen molar-refractivity contribution in [3.05, 3.63) is 59.9 Å². The van der Waals surface area contributed by atoms with Crippen LogP contribution in [0.5, 0.6) is 0 Å². The SMILES string of the molecule is CC(c1cccnc1)n1c(CCCl)nc2cc(F)ccc21. The van der Waals surface area contributed by atoms with Gasteiger partial charge in [-0.1, -0.05) is 6.07 Å². The van der Waals surface area contributed by atoms with Crippen LogP contribution in [0.25, 0.3) is 11.0 Å². The summed E-state index contributed by atoms with van der Waals surface area (Å²) in [5, 5.41) is 0. The lowest BCUT2D eigenvalue weighted by molar-refractivity contribution is 0.619. The molecule has 0 aliphatic heterocycles. The molecule has 0 saturated heterocycles. The highest BCUT2D eigenvalue weighted by Crippen LogP contribution is 2.26. The molecule has 21 heavy (non-hydrogen) atoms. The van der Waals surface area contributed by atoms with Crippen LogP contribution in [0.3, 0.4) is 0 Å². The summed E-state index contributed by atoms with van der Waals surface area (Å²) in [5.41, 5.74) is 2.65. The van der Waals surface area contributed by atoms with Crippen LogP contribution in [0.1, 0.15) is 24.4 Å². The van der Waals surface area contributed by atoms with Gasteiger partial charge in [-0.3, -0.25) is 4.98 Å². The molecule has 1 atom stereocenters. The van der Waals surface area contributed by atoms with Gasteiger partial charge in [-0.05, 0) is 30.7 Å². The summed E-state index contributed by atoms with van der Waals surface area (Å²) in [6.07, 6.45) is 4.23. The van der Waals surface area contributed by atoms with Crippen LogP contribution in [-0.4, -0.2) is 20.4 Å². The van der Waals surface area contributed by atoms with Gasteiger partial charge in [0.25, 0.3) is 0 Å². The number of aryl methyl sites for hydroxylation is 1. The first-order chi connectivity index (χ1) is 10.2. The van der Waals surface area contributed by atoms with E-state index in [1.807, 2.05) is 18.3 Å². The van der Waals surface area contributed by atoms with E-state index in [2.05, 4.69) is 21.5 Å². The van der Waals surface area contributed by atoms with Gasteiger partial charge in [0.05, 0.1) is 17.1 Å². The molecule has 0 bridgehead atoms. The van der Waals surface area contributed by atoms with Crippen LogP contribution < -0.4 is 0 Å². The fraction of sp³-hybridized carbons (Fsp3) is 0.250. The van der Waals surface area contributed by atoms with Gasteiger partial charge in [-0.15, -0.1) is 11.6 Å². The molecule has 0 aliphatic rings. The number of imidazole rings is 1. The molecule has 0 aliphatic carbocycles. The van der Waals surface area contributed by atoms with Gasteiger partial charge in [0, 0.05) is 30.8 Å². The van der Waals surface area contributed by atoms with Crippen molar-refractivity contribution in [1.82, 2.24) is 14.5 Å². The summed E-state index contributed by atoms with van der Waals surface area (Å²) < 4.78 is 15.5. The topological polar surface area (TPSA) is 30.7 Å². The van der Waals surface area contributed by atoms with Crippen molar-refractivity contribution in [3.63, 3.8) is 0 Å². The number of rotatable bonds is 4. The number of benzene rings is 1. The Balaban J connectivity index is 2.17. The Kier molecular flexibility index (Phi) is 3.88. The molecule has 1 aromatic carbocycles. The Morgan fingerprint density at radius 1 is 1.33 bits per heavy atom. The molecule has 3 rings (SSSR count). The quantitative estimate of drug-likeness (QED) is 0.683. The smallest absolute Gasteiger partial charge is 0.125 e. The highest BCUT2D eigenvalue weighted by molar-refractivity contribution is 6.17. The van der Waals surface area contributed by atoms with Crippen LogP contribution in [0.4, 0.5) is 4.39 Å². The molecule has 0 fully saturated rings. The fourth-order valence-electron chi connectivity index (χ4n) is 2.59. The summed E-state index contributed by atoms with van der Waals surface area (Å²) >= 11 is 5.88. The second-order valence-electron chi connectivity index (χ2n) is 4.93. The average molecular weight is 304 g/mol. The molecule has 5 heteroatoms. The van der Waals surface area contributed by atoms with E-state index in [-0.39, 0.29) is 11.9 Å². The van der Waals surface area contributed by atoms with Crippen molar-refractivity contribution in [2.24, 2.45) is 0 Å². The maximum atomic E-state index is 13.4. The molecule has 3 nitrogen and oxygen atoms in total. The van der Waals surface area contributed by atoms with E-state index in [4.69, 9.17) is 11.6 Å². The van der Waals surface area contributed by atoms with E-state index in [9.17, 15) is 4.39 Å². The minimum atomic E-state index is -0.279. The zero-order valence-corrected chi connectivity index (χ0v) is 12.4. The third-order valence-electron chi connectivity index (χ3n) is 3.60. The van der Waals surface area contributed by atoms with Crippen molar-refractivity contribution in [2.45, 2.75) is 19.4 Å². The summed E-state index contributed by atoms with van der Waals surface area (Å²) in [7, 11) is 0. The number of hydrogen-bond acceptors (Lipinski definition) is 2. The molecule has 3 aromatic rings. The van der Waals surface area contributed by atoms with Crippen LogP contribution in [0, 0.1) is 5.82 Å². The first kappa shape index (κ1) is 14.0. The van der Waals surface area contributed by atoms with Gasteiger partial charge in [0.1, 0.15) is 11.6 Å². The van der Waals surface area contributed by atoms with E-state index in [1.165, 1.54) is 12.1 Å². The molecular formula is C16H15ClFN3. The van der Waals surface area contributed by atoms with E-state index in [1.54, 1.807) is 12.3 Å². The van der Waals surface area contributed by atoms with E-state index >= 15 is 0 Å². The summed E-state index contributed by atoms with van der Waals surface area (Å²) in [6.45, 7) is 2.08. The lowest BCUT2D eigenvalue weighted by atomic mass is 10.1. The zero-order chi connectivity index (χ0) is 14.8. The lowest BCUT2D eigenvalue weighted by Gasteiger charge is -2.17. The lowest BCUT2D eigenvalue weighted by Crippen LogP contribution is -2.11. The van der Waals surface area contributed by atoms with Crippen LogP contribution in [0.2, 0.25) is 0 Å². The second kappa shape index (κ2) is 5.82. The summed E-state index contributed by atoms with van der Waals surface area (Å²) in [4.78, 5) is 8.69. The first-order valence-corrected chi connectivity index (χ1v) is 7.36. The summed E-state index contributed by atoms with van der Waals surface area (Å²) in [6, 6.07) is 8.68. The predicted octanol–water partition coefficient (Wildman–Crippen LogP) is 3.96. The maximum absolute atomic E-state index is 13.4. The molecule has 2 heterocycles. The minimum Gasteiger partial charge on any atom is -0.321 e. The van der Waals surface area contributed by atoms with E-state index < -0.39 is 0 Å². The number of fused-ring (bicyclic) bond motifs is 1. The number of hydrogen-bond donors (Lipinski definition) is 0. The number of nitrogens with zero attached hydrogens (tertiary/aromatic N) is 3. The fourth-order valence-corrected chi connectivity index (χ4v) is 2.76. The minimum absolute atomic E-state index is 0.0624. The zero-order valence-electron chi connectivity index (χ0n) is 11.6. The molecule has 108 valence electrons. The number of alkyl halides is 1. The molecule has 0 N–H and O–H groups in total. The number of halogens is 2. The molecule has 0 amide bonds. The van der Waals surface area contributed by atoms with Crippen molar-refractivity contribution in [2.75, 3.05) is 5.88 Å². The Bertz CT molecular complexity index is 755. The standard InChI is InChI=1S/C16H15ClFN3/c1-11(12-3-2-8-19-10-12)21-15-5-4-13(18)9-14(15)20-16(21)6-7-17/h2-5,8-11H,6-7H2,1H3. The molecule has 0 radical (unpaired) electrons. The molecule has 0 spiro atoms. The van der Waals surface area contributed by atoms with Gasteiger partial charge in [-0.2, -0.15) is 0 Å². The number of aromatic nitrogens is 3. The van der Waals surface area contributed by atoms with Crippen LogP contribution in [0.15, 0.2) is 42.7 Å². The Morgan fingerprint density at radius 2 is 2.19 bits per heavy atom. The van der Waals surface area contributed by atoms with Crippen molar-refractivity contribution in [1.29, 1.82) is 0 Å². The largest absolute Gasteiger partial charge is 0.321 e. The van der Waals surface area contributed by atoms with Gasteiger partial charge in [0.15, 0.2) is 0 Å². The Morgan fingerprint density at radius 3 is 2.90 bits per heavy atom. The van der Waals surface area contributed by atoms with E-state index in [0.717, 1.165) is 16.9 Å². The summed E-state index contributed by atoms with van der Waals surface area (Å²) in [5.74, 6) is 1.06. The molecule has 0 saturated carbocycles. The second-order valence-corrected chi connectivity index (χ2v) is 5.31. The van der Waals surface area contributed by atoms with Crippen molar-refractivity contribution in [3.8, 4) is 0 Å². The van der Waals surface area contributed by atoms with Gasteiger partial charge >= 0.3 is 0 Å². The molecular weight excluding hydrogens is 289 g/mol. The van der Waals surface area contributed by atoms with Gasteiger partial charge < -0.3 is 4.57 Å². The van der Waals surface area contributed by atoms with Crippen molar-refractivity contribution >= 4 is 22.6 Å². The monoisotopic (exact) mass is 303 g/mol. The maximum Gasteiger partial charge on any atom is 0.125 e. The molecule has 2 aromatic heterocycles. The van der Waals surface area contributed by atoms with Crippen LogP contribution >= 0.6 is 11.6 Å². The van der Waals surface area contributed by atoms with Gasteiger partial charge in [-0.25, -0.2) is 9.37 Å². The molecule has 1 unspecified atom stereocenters. The highest BCUT2D eigenvalue weighted by Gasteiger charge is 2.17. The first-order valence-electron chi connectivity index (χ1n) is 6.83. The van der Waals surface area contributed by atoms with Crippen molar-refractivity contribution < 1.29 is 4.39 Å². The third kappa shape index (κ3) is 2.63. The van der Waals surface area contributed by atoms with Gasteiger partial charge in [0.2, 0.25) is 0 Å². The Labute approximate surface area is 127 Å².